The standard InChI is InChI=1S/C17H23ClN4O/c1-4-10-22-16(23)14-12-13(18)7-8-15(14)20-17(22)19-9-11-21(5-2)6-3/h4,7-8,12H,1,5-6,9-11H2,2-3H3,(H,19,20). The van der Waals surface area contributed by atoms with Crippen LogP contribution in [0.3, 0.4) is 0 Å². The zero-order chi connectivity index (χ0) is 16.8. The van der Waals surface area contributed by atoms with Crippen molar-refractivity contribution in [3.8, 4) is 0 Å². The highest BCUT2D eigenvalue weighted by molar-refractivity contribution is 6.31. The Balaban J connectivity index is 2.34. The number of rotatable bonds is 8. The monoisotopic (exact) mass is 334 g/mol. The number of nitrogens with zero attached hydrogens (tertiary/aromatic N) is 3. The van der Waals surface area contributed by atoms with Gasteiger partial charge in [0.1, 0.15) is 0 Å². The number of halogens is 1. The summed E-state index contributed by atoms with van der Waals surface area (Å²) in [5.74, 6) is 0.567. The summed E-state index contributed by atoms with van der Waals surface area (Å²) in [6.45, 7) is 12.0. The molecule has 1 aromatic carbocycles. The van der Waals surface area contributed by atoms with Crippen LogP contribution < -0.4 is 10.9 Å². The van der Waals surface area contributed by atoms with Crippen molar-refractivity contribution < 1.29 is 0 Å². The second-order valence-electron chi connectivity index (χ2n) is 5.25. The van der Waals surface area contributed by atoms with Crippen molar-refractivity contribution in [2.45, 2.75) is 20.4 Å². The van der Waals surface area contributed by atoms with Crippen LogP contribution in [0.4, 0.5) is 5.95 Å². The van der Waals surface area contributed by atoms with Crippen molar-refractivity contribution in [3.63, 3.8) is 0 Å². The van der Waals surface area contributed by atoms with Gasteiger partial charge in [0.2, 0.25) is 5.95 Å². The smallest absolute Gasteiger partial charge is 0.263 e. The minimum absolute atomic E-state index is 0.109. The lowest BCUT2D eigenvalue weighted by Gasteiger charge is -2.19. The summed E-state index contributed by atoms with van der Waals surface area (Å²) in [5, 5.41) is 4.33. The molecule has 0 aliphatic heterocycles. The molecular formula is C17H23ClN4O. The zero-order valence-electron chi connectivity index (χ0n) is 13.7. The van der Waals surface area contributed by atoms with Gasteiger partial charge in [-0.1, -0.05) is 31.5 Å². The van der Waals surface area contributed by atoms with Gasteiger partial charge in [0.25, 0.3) is 5.56 Å². The van der Waals surface area contributed by atoms with Crippen LogP contribution in [-0.2, 0) is 6.54 Å². The van der Waals surface area contributed by atoms with Gasteiger partial charge in [0, 0.05) is 24.7 Å². The lowest BCUT2D eigenvalue weighted by molar-refractivity contribution is 0.315. The summed E-state index contributed by atoms with van der Waals surface area (Å²) in [7, 11) is 0. The molecule has 5 nitrogen and oxygen atoms in total. The average molecular weight is 335 g/mol. The highest BCUT2D eigenvalue weighted by Gasteiger charge is 2.10. The molecule has 0 spiro atoms. The second kappa shape index (κ2) is 8.13. The van der Waals surface area contributed by atoms with E-state index in [0.717, 1.165) is 26.2 Å². The SMILES string of the molecule is C=CCn1c(NCCN(CC)CC)nc2ccc(Cl)cc2c1=O. The third-order valence-electron chi connectivity index (χ3n) is 3.83. The number of hydrogen-bond acceptors (Lipinski definition) is 4. The number of aromatic nitrogens is 2. The maximum absolute atomic E-state index is 12.7. The van der Waals surface area contributed by atoms with Crippen LogP contribution >= 0.6 is 11.6 Å². The van der Waals surface area contributed by atoms with Crippen molar-refractivity contribution in [2.75, 3.05) is 31.5 Å². The predicted octanol–water partition coefficient (Wildman–Crippen LogP) is 2.99. The van der Waals surface area contributed by atoms with E-state index in [-0.39, 0.29) is 5.56 Å². The molecule has 124 valence electrons. The molecule has 0 saturated heterocycles. The van der Waals surface area contributed by atoms with Crippen LogP contribution in [0, 0.1) is 0 Å². The Morgan fingerprint density at radius 1 is 1.39 bits per heavy atom. The molecule has 0 aliphatic carbocycles. The van der Waals surface area contributed by atoms with Crippen LogP contribution in [0.5, 0.6) is 0 Å². The first-order valence-electron chi connectivity index (χ1n) is 7.87. The normalized spacial score (nSPS) is 11.1. The summed E-state index contributed by atoms with van der Waals surface area (Å²) in [4.78, 5) is 19.5. The molecule has 0 unspecified atom stereocenters. The molecule has 6 heteroatoms. The molecular weight excluding hydrogens is 312 g/mol. The number of nitrogens with one attached hydrogen (secondary N) is 1. The fourth-order valence-electron chi connectivity index (χ4n) is 2.49. The third kappa shape index (κ3) is 4.12. The summed E-state index contributed by atoms with van der Waals surface area (Å²) in [6.07, 6.45) is 1.69. The van der Waals surface area contributed by atoms with Gasteiger partial charge < -0.3 is 10.2 Å². The van der Waals surface area contributed by atoms with E-state index in [1.54, 1.807) is 28.8 Å². The van der Waals surface area contributed by atoms with E-state index < -0.39 is 0 Å². The Hall–Kier alpha value is -1.85. The van der Waals surface area contributed by atoms with Crippen molar-refractivity contribution >= 4 is 28.5 Å². The van der Waals surface area contributed by atoms with Crippen LogP contribution in [0.25, 0.3) is 10.9 Å². The van der Waals surface area contributed by atoms with Crippen molar-refractivity contribution in [2.24, 2.45) is 0 Å². The zero-order valence-corrected chi connectivity index (χ0v) is 14.4. The first kappa shape index (κ1) is 17.5. The molecule has 0 aliphatic rings. The molecule has 0 radical (unpaired) electrons. The van der Waals surface area contributed by atoms with Crippen LogP contribution in [-0.4, -0.2) is 40.6 Å². The lowest BCUT2D eigenvalue weighted by atomic mass is 10.2. The van der Waals surface area contributed by atoms with Gasteiger partial charge in [-0.3, -0.25) is 9.36 Å². The Labute approximate surface area is 141 Å². The molecule has 0 saturated carbocycles. The highest BCUT2D eigenvalue weighted by Crippen LogP contribution is 2.16. The quantitative estimate of drug-likeness (QED) is 0.754. The number of anilines is 1. The van der Waals surface area contributed by atoms with E-state index in [1.165, 1.54) is 0 Å². The molecule has 0 fully saturated rings. The topological polar surface area (TPSA) is 50.2 Å². The first-order chi connectivity index (χ1) is 11.1. The molecule has 1 N–H and O–H groups in total. The maximum atomic E-state index is 12.7. The largest absolute Gasteiger partial charge is 0.354 e. The minimum Gasteiger partial charge on any atom is -0.354 e. The number of hydrogen-bond donors (Lipinski definition) is 1. The maximum Gasteiger partial charge on any atom is 0.263 e. The fraction of sp³-hybridized carbons (Fsp3) is 0.412. The third-order valence-corrected chi connectivity index (χ3v) is 4.07. The molecule has 2 rings (SSSR count). The van der Waals surface area contributed by atoms with Gasteiger partial charge in [0.05, 0.1) is 10.9 Å². The summed E-state index contributed by atoms with van der Waals surface area (Å²) in [5.41, 5.74) is 0.535. The van der Waals surface area contributed by atoms with Crippen molar-refractivity contribution in [1.82, 2.24) is 14.5 Å². The van der Waals surface area contributed by atoms with E-state index in [1.807, 2.05) is 0 Å². The molecule has 23 heavy (non-hydrogen) atoms. The van der Waals surface area contributed by atoms with Crippen LogP contribution in [0.1, 0.15) is 13.8 Å². The van der Waals surface area contributed by atoms with Crippen LogP contribution in [0.2, 0.25) is 5.02 Å². The Morgan fingerprint density at radius 3 is 2.78 bits per heavy atom. The Bertz CT molecular complexity index is 737. The van der Waals surface area contributed by atoms with Gasteiger partial charge in [-0.2, -0.15) is 0 Å². The fourth-order valence-corrected chi connectivity index (χ4v) is 2.66. The molecule has 1 aromatic heterocycles. The van der Waals surface area contributed by atoms with Gasteiger partial charge in [-0.25, -0.2) is 4.98 Å². The number of benzene rings is 1. The Morgan fingerprint density at radius 2 is 2.13 bits per heavy atom. The summed E-state index contributed by atoms with van der Waals surface area (Å²) in [6, 6.07) is 5.17. The molecule has 2 aromatic rings. The van der Waals surface area contributed by atoms with E-state index in [0.29, 0.717) is 28.4 Å². The van der Waals surface area contributed by atoms with Crippen molar-refractivity contribution in [1.29, 1.82) is 0 Å². The first-order valence-corrected chi connectivity index (χ1v) is 8.25. The lowest BCUT2D eigenvalue weighted by Crippen LogP contribution is -2.31. The van der Waals surface area contributed by atoms with E-state index in [2.05, 4.69) is 35.6 Å². The van der Waals surface area contributed by atoms with Gasteiger partial charge in [0.15, 0.2) is 0 Å². The highest BCUT2D eigenvalue weighted by atomic mass is 35.5. The van der Waals surface area contributed by atoms with Gasteiger partial charge in [-0.05, 0) is 31.3 Å². The summed E-state index contributed by atoms with van der Waals surface area (Å²) < 4.78 is 1.59. The average Bonchev–Trinajstić information content (AvgIpc) is 2.55. The van der Waals surface area contributed by atoms with Gasteiger partial charge in [-0.15, -0.1) is 6.58 Å². The molecule has 1 heterocycles. The van der Waals surface area contributed by atoms with E-state index >= 15 is 0 Å². The minimum atomic E-state index is -0.109. The number of fused-ring (bicyclic) bond motifs is 1. The van der Waals surface area contributed by atoms with E-state index in [9.17, 15) is 4.79 Å². The molecule has 0 atom stereocenters. The second-order valence-corrected chi connectivity index (χ2v) is 5.69. The number of likely N-dealkylation sites (N-methyl/N-ethyl adjacent to an activating group) is 1. The van der Waals surface area contributed by atoms with E-state index in [4.69, 9.17) is 11.6 Å². The van der Waals surface area contributed by atoms with Gasteiger partial charge >= 0.3 is 0 Å². The van der Waals surface area contributed by atoms with Crippen LogP contribution in [0.15, 0.2) is 35.6 Å². The summed E-state index contributed by atoms with van der Waals surface area (Å²) >= 11 is 5.99. The predicted molar refractivity (Wildman–Crippen MR) is 97.5 cm³/mol. The number of allylic oxidation sites excluding steroid dienone is 1. The Kier molecular flexibility index (Phi) is 6.19. The van der Waals surface area contributed by atoms with Crippen molar-refractivity contribution in [3.05, 3.63) is 46.2 Å². The molecule has 0 amide bonds. The molecule has 0 bridgehead atoms.